The van der Waals surface area contributed by atoms with E-state index >= 15 is 0 Å². The third-order valence-electron chi connectivity index (χ3n) is 4.86. The number of hydrogen-bond donors (Lipinski definition) is 2. The van der Waals surface area contributed by atoms with Gasteiger partial charge in [0.15, 0.2) is 0 Å². The molecule has 2 aliphatic rings. The van der Waals surface area contributed by atoms with Crippen LogP contribution in [0.2, 0.25) is 0 Å². The van der Waals surface area contributed by atoms with Crippen LogP contribution in [0.25, 0.3) is 0 Å². The number of nitrogens with one attached hydrogen (secondary N) is 1. The summed E-state index contributed by atoms with van der Waals surface area (Å²) in [6.07, 6.45) is 3.12. The molecule has 2 fully saturated rings. The summed E-state index contributed by atoms with van der Waals surface area (Å²) in [7, 11) is 0. The predicted molar refractivity (Wildman–Crippen MR) is 73.3 cm³/mol. The predicted octanol–water partition coefficient (Wildman–Crippen LogP) is 0.489. The molecule has 2 heterocycles. The van der Waals surface area contributed by atoms with Gasteiger partial charge in [-0.05, 0) is 32.1 Å². The van der Waals surface area contributed by atoms with E-state index in [4.69, 9.17) is 5.73 Å². The Hall–Kier alpha value is -1.10. The maximum atomic E-state index is 12.6. The second kappa shape index (κ2) is 5.49. The van der Waals surface area contributed by atoms with Crippen LogP contribution in [0.5, 0.6) is 0 Å². The fraction of sp³-hybridized carbons (Fsp3) is 0.857. The minimum absolute atomic E-state index is 0.154. The molecule has 2 amide bonds. The molecule has 0 aromatic rings. The maximum absolute atomic E-state index is 12.6. The van der Waals surface area contributed by atoms with Crippen molar-refractivity contribution >= 4 is 11.8 Å². The van der Waals surface area contributed by atoms with Crippen LogP contribution in [0.4, 0.5) is 0 Å². The molecule has 3 N–H and O–H groups in total. The highest BCUT2D eigenvalue weighted by Crippen LogP contribution is 2.29. The zero-order chi connectivity index (χ0) is 14.0. The molecule has 3 atom stereocenters. The molecule has 3 unspecified atom stereocenters. The first kappa shape index (κ1) is 14.3. The van der Waals surface area contributed by atoms with Crippen molar-refractivity contribution in [1.82, 2.24) is 10.2 Å². The molecule has 0 bridgehead atoms. The monoisotopic (exact) mass is 267 g/mol. The summed E-state index contributed by atoms with van der Waals surface area (Å²) in [6.45, 7) is 5.85. The van der Waals surface area contributed by atoms with E-state index in [0.29, 0.717) is 18.9 Å². The van der Waals surface area contributed by atoms with E-state index in [1.807, 2.05) is 18.7 Å². The SMILES string of the molecule is CCC(C)(CN)C(=O)N1CCC2NC(=O)CCC2C1. The van der Waals surface area contributed by atoms with Crippen LogP contribution < -0.4 is 11.1 Å². The van der Waals surface area contributed by atoms with Crippen molar-refractivity contribution in [2.45, 2.75) is 45.6 Å². The number of carbonyl (C=O) groups excluding carboxylic acids is 2. The van der Waals surface area contributed by atoms with Crippen LogP contribution in [-0.4, -0.2) is 42.4 Å². The number of piperidine rings is 2. The molecule has 5 heteroatoms. The number of carbonyl (C=O) groups is 2. The van der Waals surface area contributed by atoms with Gasteiger partial charge in [0.2, 0.25) is 11.8 Å². The Labute approximate surface area is 114 Å². The maximum Gasteiger partial charge on any atom is 0.229 e. The average Bonchev–Trinajstić information content (AvgIpc) is 2.45. The Kier molecular flexibility index (Phi) is 4.13. The molecule has 0 spiro atoms. The molecule has 0 radical (unpaired) electrons. The Morgan fingerprint density at radius 2 is 2.26 bits per heavy atom. The minimum Gasteiger partial charge on any atom is -0.353 e. The fourth-order valence-corrected chi connectivity index (χ4v) is 3.06. The molecular formula is C14H25N3O2. The van der Waals surface area contributed by atoms with Crippen LogP contribution >= 0.6 is 0 Å². The fourth-order valence-electron chi connectivity index (χ4n) is 3.06. The Morgan fingerprint density at radius 1 is 1.53 bits per heavy atom. The van der Waals surface area contributed by atoms with Gasteiger partial charge in [0.1, 0.15) is 0 Å². The summed E-state index contributed by atoms with van der Waals surface area (Å²) in [5.74, 6) is 0.739. The molecule has 5 nitrogen and oxygen atoms in total. The third kappa shape index (κ3) is 2.76. The highest BCUT2D eigenvalue weighted by molar-refractivity contribution is 5.83. The first-order valence-corrected chi connectivity index (χ1v) is 7.29. The molecule has 0 saturated carbocycles. The van der Waals surface area contributed by atoms with E-state index in [0.717, 1.165) is 32.4 Å². The van der Waals surface area contributed by atoms with Crippen molar-refractivity contribution in [2.24, 2.45) is 17.1 Å². The van der Waals surface area contributed by atoms with Gasteiger partial charge in [-0.25, -0.2) is 0 Å². The second-order valence-electron chi connectivity index (χ2n) is 6.13. The number of rotatable bonds is 3. The van der Waals surface area contributed by atoms with E-state index < -0.39 is 5.41 Å². The third-order valence-corrected chi connectivity index (χ3v) is 4.86. The van der Waals surface area contributed by atoms with Crippen molar-refractivity contribution in [3.63, 3.8) is 0 Å². The lowest BCUT2D eigenvalue weighted by atomic mass is 9.81. The highest BCUT2D eigenvalue weighted by Gasteiger charge is 2.40. The topological polar surface area (TPSA) is 75.4 Å². The lowest BCUT2D eigenvalue weighted by Crippen LogP contribution is -2.57. The van der Waals surface area contributed by atoms with Crippen molar-refractivity contribution in [3.8, 4) is 0 Å². The van der Waals surface area contributed by atoms with Gasteiger partial charge in [-0.1, -0.05) is 6.92 Å². The highest BCUT2D eigenvalue weighted by atomic mass is 16.2. The van der Waals surface area contributed by atoms with Gasteiger partial charge in [-0.15, -0.1) is 0 Å². The largest absolute Gasteiger partial charge is 0.353 e. The van der Waals surface area contributed by atoms with E-state index in [2.05, 4.69) is 5.32 Å². The van der Waals surface area contributed by atoms with Crippen molar-refractivity contribution in [2.75, 3.05) is 19.6 Å². The van der Waals surface area contributed by atoms with Crippen molar-refractivity contribution in [1.29, 1.82) is 0 Å². The summed E-state index contributed by atoms with van der Waals surface area (Å²) >= 11 is 0. The number of hydrogen-bond acceptors (Lipinski definition) is 3. The van der Waals surface area contributed by atoms with Gasteiger partial charge in [0, 0.05) is 32.1 Å². The molecular weight excluding hydrogens is 242 g/mol. The van der Waals surface area contributed by atoms with Gasteiger partial charge < -0.3 is 16.0 Å². The molecule has 2 saturated heterocycles. The molecule has 0 aromatic heterocycles. The summed E-state index contributed by atoms with van der Waals surface area (Å²) in [5.41, 5.74) is 5.33. The first-order valence-electron chi connectivity index (χ1n) is 7.29. The van der Waals surface area contributed by atoms with Gasteiger partial charge >= 0.3 is 0 Å². The molecule has 2 rings (SSSR count). The molecule has 0 aromatic carbocycles. The molecule has 2 aliphatic heterocycles. The van der Waals surface area contributed by atoms with Gasteiger partial charge in [0.25, 0.3) is 0 Å². The Balaban J connectivity index is 2.01. The van der Waals surface area contributed by atoms with Crippen molar-refractivity contribution < 1.29 is 9.59 Å². The van der Waals surface area contributed by atoms with Crippen molar-refractivity contribution in [3.05, 3.63) is 0 Å². The summed E-state index contributed by atoms with van der Waals surface area (Å²) in [6, 6.07) is 0.260. The molecule has 108 valence electrons. The van der Waals surface area contributed by atoms with Gasteiger partial charge in [0.05, 0.1) is 5.41 Å². The number of nitrogens with zero attached hydrogens (tertiary/aromatic N) is 1. The summed E-state index contributed by atoms with van der Waals surface area (Å²) in [5, 5.41) is 3.04. The zero-order valence-corrected chi connectivity index (χ0v) is 11.9. The number of amides is 2. The van der Waals surface area contributed by atoms with Gasteiger partial charge in [-0.3, -0.25) is 9.59 Å². The lowest BCUT2D eigenvalue weighted by molar-refractivity contribution is -0.144. The summed E-state index contributed by atoms with van der Waals surface area (Å²) in [4.78, 5) is 25.9. The normalized spacial score (nSPS) is 30.3. The molecule has 0 aliphatic carbocycles. The lowest BCUT2D eigenvalue weighted by Gasteiger charge is -2.43. The molecule has 19 heavy (non-hydrogen) atoms. The minimum atomic E-state index is -0.440. The van der Waals surface area contributed by atoms with E-state index in [9.17, 15) is 9.59 Å². The van der Waals surface area contributed by atoms with Crippen LogP contribution in [-0.2, 0) is 9.59 Å². The summed E-state index contributed by atoms with van der Waals surface area (Å²) < 4.78 is 0. The Morgan fingerprint density at radius 3 is 2.89 bits per heavy atom. The van der Waals surface area contributed by atoms with Gasteiger partial charge in [-0.2, -0.15) is 0 Å². The average molecular weight is 267 g/mol. The zero-order valence-electron chi connectivity index (χ0n) is 11.9. The first-order chi connectivity index (χ1) is 9.00. The number of likely N-dealkylation sites (tertiary alicyclic amines) is 1. The number of nitrogens with two attached hydrogens (primary N) is 1. The second-order valence-corrected chi connectivity index (χ2v) is 6.13. The number of fused-ring (bicyclic) bond motifs is 1. The van der Waals surface area contributed by atoms with E-state index in [-0.39, 0.29) is 17.9 Å². The van der Waals surface area contributed by atoms with Crippen LogP contribution in [0, 0.1) is 11.3 Å². The van der Waals surface area contributed by atoms with Crippen LogP contribution in [0.1, 0.15) is 39.5 Å². The van der Waals surface area contributed by atoms with Crippen LogP contribution in [0.15, 0.2) is 0 Å². The smallest absolute Gasteiger partial charge is 0.229 e. The van der Waals surface area contributed by atoms with E-state index in [1.54, 1.807) is 0 Å². The quantitative estimate of drug-likeness (QED) is 0.781. The van der Waals surface area contributed by atoms with Crippen LogP contribution in [0.3, 0.4) is 0 Å². The standard InChI is InChI=1S/C14H25N3O2/c1-3-14(2,9-15)13(19)17-7-6-11-10(8-17)4-5-12(18)16-11/h10-11H,3-9,15H2,1-2H3,(H,16,18). The Bertz CT molecular complexity index is 366. The van der Waals surface area contributed by atoms with E-state index in [1.165, 1.54) is 0 Å².